The maximum absolute atomic E-state index is 12.8. The summed E-state index contributed by atoms with van der Waals surface area (Å²) in [6.45, 7) is 0. The van der Waals surface area contributed by atoms with Crippen LogP contribution in [0.25, 0.3) is 0 Å². The molecule has 1 aromatic heterocycles. The summed E-state index contributed by atoms with van der Waals surface area (Å²) in [6.07, 6.45) is 1.29. The molecule has 0 saturated heterocycles. The first kappa shape index (κ1) is 24.6. The molecule has 0 radical (unpaired) electrons. The number of sulfonamides is 1. The van der Waals surface area contributed by atoms with Crippen molar-refractivity contribution in [1.82, 2.24) is 0 Å². The number of rotatable bonds is 9. The number of thiophene rings is 1. The highest BCUT2D eigenvalue weighted by Gasteiger charge is 2.24. The second-order valence-corrected chi connectivity index (χ2v) is 12.5. The van der Waals surface area contributed by atoms with Crippen molar-refractivity contribution < 1.29 is 26.7 Å². The van der Waals surface area contributed by atoms with E-state index in [-0.39, 0.29) is 19.6 Å². The van der Waals surface area contributed by atoms with Crippen LogP contribution in [0.3, 0.4) is 0 Å². The van der Waals surface area contributed by atoms with Crippen LogP contribution in [-0.2, 0) is 32.7 Å². The van der Waals surface area contributed by atoms with Gasteiger partial charge in [-0.3, -0.25) is 4.72 Å². The van der Waals surface area contributed by atoms with Gasteiger partial charge in [0.25, 0.3) is 10.0 Å². The molecule has 1 heterocycles. The van der Waals surface area contributed by atoms with Gasteiger partial charge in [0, 0.05) is 11.1 Å². The van der Waals surface area contributed by atoms with Crippen LogP contribution in [0.2, 0.25) is 0 Å². The summed E-state index contributed by atoms with van der Waals surface area (Å²) in [5.41, 5.74) is 2.44. The molecule has 4 rings (SSSR count). The number of aryl methyl sites for hydroxylation is 2. The largest absolute Gasteiger partial charge is 0.478 e. The summed E-state index contributed by atoms with van der Waals surface area (Å²) >= 11 is 0.838. The first-order valence-electron chi connectivity index (χ1n) is 10.5. The minimum atomic E-state index is -3.97. The van der Waals surface area contributed by atoms with Gasteiger partial charge in [-0.25, -0.2) is 21.6 Å². The summed E-state index contributed by atoms with van der Waals surface area (Å²) in [4.78, 5) is 11.1. The van der Waals surface area contributed by atoms with Gasteiger partial charge < -0.3 is 5.11 Å². The topological polar surface area (TPSA) is 118 Å². The molecule has 0 unspecified atom stereocenters. The standard InChI is InChI=1S/C25H21NO6S3/c27-25(28)20-6-4-5-19(15-20)10-9-18-11-13-21(14-12-18)26-35(31,32)24-16-23(17-33-24)34(29,30)22-7-2-1-3-8-22/h1-8,11-17,26H,9-10H2,(H,27,28). The Kier molecular flexibility index (Phi) is 7.06. The van der Waals surface area contributed by atoms with Crippen molar-refractivity contribution in [2.24, 2.45) is 0 Å². The van der Waals surface area contributed by atoms with E-state index in [1.165, 1.54) is 17.5 Å². The lowest BCUT2D eigenvalue weighted by molar-refractivity contribution is 0.0696. The number of anilines is 1. The van der Waals surface area contributed by atoms with Crippen LogP contribution in [0.4, 0.5) is 5.69 Å². The van der Waals surface area contributed by atoms with Gasteiger partial charge in [0.1, 0.15) is 4.21 Å². The van der Waals surface area contributed by atoms with Gasteiger partial charge in [-0.2, -0.15) is 0 Å². The molecule has 35 heavy (non-hydrogen) atoms. The number of sulfone groups is 1. The predicted molar refractivity (Wildman–Crippen MR) is 134 cm³/mol. The number of hydrogen-bond donors (Lipinski definition) is 2. The third-order valence-corrected chi connectivity index (χ3v) is 9.98. The summed E-state index contributed by atoms with van der Waals surface area (Å²) in [6, 6.07) is 22.6. The van der Waals surface area contributed by atoms with Crippen LogP contribution in [-0.4, -0.2) is 27.9 Å². The normalized spacial score (nSPS) is 11.8. The number of aromatic carboxylic acids is 1. The molecule has 3 aromatic carbocycles. The van der Waals surface area contributed by atoms with E-state index >= 15 is 0 Å². The predicted octanol–water partition coefficient (Wildman–Crippen LogP) is 4.87. The highest BCUT2D eigenvalue weighted by atomic mass is 32.2. The lowest BCUT2D eigenvalue weighted by Crippen LogP contribution is -2.11. The molecule has 0 aliphatic carbocycles. The van der Waals surface area contributed by atoms with Crippen molar-refractivity contribution in [3.63, 3.8) is 0 Å². The summed E-state index contributed by atoms with van der Waals surface area (Å²) in [5, 5.41) is 10.4. The van der Waals surface area contributed by atoms with Crippen LogP contribution in [0.1, 0.15) is 21.5 Å². The third-order valence-electron chi connectivity index (χ3n) is 5.26. The van der Waals surface area contributed by atoms with Gasteiger partial charge in [-0.15, -0.1) is 11.3 Å². The first-order chi connectivity index (χ1) is 16.6. The van der Waals surface area contributed by atoms with Crippen molar-refractivity contribution in [3.05, 3.63) is 107 Å². The highest BCUT2D eigenvalue weighted by molar-refractivity contribution is 7.95. The summed E-state index contributed by atoms with van der Waals surface area (Å²) in [7, 11) is -7.78. The van der Waals surface area contributed by atoms with Crippen molar-refractivity contribution in [2.75, 3.05) is 4.72 Å². The van der Waals surface area contributed by atoms with Crippen LogP contribution in [0.5, 0.6) is 0 Å². The Morgan fingerprint density at radius 2 is 1.46 bits per heavy atom. The molecule has 0 spiro atoms. The average molecular weight is 528 g/mol. The molecule has 0 fully saturated rings. The molecule has 0 aliphatic heterocycles. The minimum absolute atomic E-state index is 0.0728. The molecule has 7 nitrogen and oxygen atoms in total. The molecule has 0 bridgehead atoms. The van der Waals surface area contributed by atoms with Gasteiger partial charge in [0.05, 0.1) is 15.4 Å². The zero-order chi connectivity index (χ0) is 25.1. The zero-order valence-electron chi connectivity index (χ0n) is 18.3. The molecule has 2 N–H and O–H groups in total. The second-order valence-electron chi connectivity index (χ2n) is 7.73. The molecule has 0 amide bonds. The Morgan fingerprint density at radius 1 is 0.771 bits per heavy atom. The summed E-state index contributed by atoms with van der Waals surface area (Å²) < 4.78 is 53.5. The number of benzene rings is 3. The minimum Gasteiger partial charge on any atom is -0.478 e. The van der Waals surface area contributed by atoms with Crippen molar-refractivity contribution in [1.29, 1.82) is 0 Å². The van der Waals surface area contributed by atoms with Gasteiger partial charge in [0.15, 0.2) is 0 Å². The van der Waals surface area contributed by atoms with E-state index in [9.17, 15) is 21.6 Å². The van der Waals surface area contributed by atoms with Crippen LogP contribution in [0.15, 0.2) is 104 Å². The quantitative estimate of drug-likeness (QED) is 0.321. The van der Waals surface area contributed by atoms with E-state index in [0.29, 0.717) is 18.5 Å². The Labute approximate surface area is 207 Å². The molecular formula is C25H21NO6S3. The molecule has 0 atom stereocenters. The monoisotopic (exact) mass is 527 g/mol. The van der Waals surface area contributed by atoms with Crippen molar-refractivity contribution >= 4 is 42.9 Å². The zero-order valence-corrected chi connectivity index (χ0v) is 20.7. The Balaban J connectivity index is 1.43. The molecule has 0 saturated carbocycles. The van der Waals surface area contributed by atoms with Gasteiger partial charge >= 0.3 is 5.97 Å². The Hall–Kier alpha value is -3.47. The smallest absolute Gasteiger partial charge is 0.335 e. The number of carboxylic acid groups (broad SMARTS) is 1. The number of nitrogens with one attached hydrogen (secondary N) is 1. The van der Waals surface area contributed by atoms with Crippen molar-refractivity contribution in [3.8, 4) is 0 Å². The van der Waals surface area contributed by atoms with Gasteiger partial charge in [-0.05, 0) is 66.4 Å². The van der Waals surface area contributed by atoms with E-state index in [1.54, 1.807) is 60.7 Å². The maximum Gasteiger partial charge on any atom is 0.335 e. The molecule has 4 aromatic rings. The second kappa shape index (κ2) is 10.0. The Morgan fingerprint density at radius 3 is 2.14 bits per heavy atom. The SMILES string of the molecule is O=C(O)c1cccc(CCc2ccc(NS(=O)(=O)c3cc(S(=O)(=O)c4ccccc4)cs3)cc2)c1. The van der Waals surface area contributed by atoms with E-state index in [1.807, 2.05) is 6.07 Å². The lowest BCUT2D eigenvalue weighted by Gasteiger charge is -2.08. The molecular weight excluding hydrogens is 506 g/mol. The number of carbonyl (C=O) groups is 1. The highest BCUT2D eigenvalue weighted by Crippen LogP contribution is 2.29. The van der Waals surface area contributed by atoms with E-state index in [4.69, 9.17) is 5.11 Å². The van der Waals surface area contributed by atoms with Crippen LogP contribution >= 0.6 is 11.3 Å². The summed E-state index contributed by atoms with van der Waals surface area (Å²) in [5.74, 6) is -0.973. The fraction of sp³-hybridized carbons (Fsp3) is 0.0800. The third kappa shape index (κ3) is 5.79. The van der Waals surface area contributed by atoms with Gasteiger partial charge in [-0.1, -0.05) is 42.5 Å². The van der Waals surface area contributed by atoms with E-state index < -0.39 is 25.8 Å². The average Bonchev–Trinajstić information content (AvgIpc) is 3.37. The maximum atomic E-state index is 12.8. The fourth-order valence-electron chi connectivity index (χ4n) is 3.41. The van der Waals surface area contributed by atoms with Crippen molar-refractivity contribution in [2.45, 2.75) is 26.8 Å². The van der Waals surface area contributed by atoms with Gasteiger partial charge in [0.2, 0.25) is 9.84 Å². The van der Waals surface area contributed by atoms with Crippen LogP contribution < -0.4 is 4.72 Å². The fourth-order valence-corrected chi connectivity index (χ4v) is 7.37. The lowest BCUT2D eigenvalue weighted by atomic mass is 10.0. The number of hydrogen-bond acceptors (Lipinski definition) is 6. The first-order valence-corrected chi connectivity index (χ1v) is 14.3. The molecule has 180 valence electrons. The van der Waals surface area contributed by atoms with Crippen LogP contribution in [0, 0.1) is 0 Å². The molecule has 10 heteroatoms. The van der Waals surface area contributed by atoms with E-state index in [2.05, 4.69) is 4.72 Å². The van der Waals surface area contributed by atoms with E-state index in [0.717, 1.165) is 28.5 Å². The number of carboxylic acids is 1. The molecule has 0 aliphatic rings. The Bertz CT molecular complexity index is 1560.